The van der Waals surface area contributed by atoms with Crippen LogP contribution in [0.25, 0.3) is 88.4 Å². The summed E-state index contributed by atoms with van der Waals surface area (Å²) in [5.41, 5.74) is 15.6. The summed E-state index contributed by atoms with van der Waals surface area (Å²) in [6.45, 7) is 12.7. The molecule has 0 amide bonds. The van der Waals surface area contributed by atoms with Gasteiger partial charge in [-0.3, -0.25) is 0 Å². The minimum absolute atomic E-state index is 0.127. The van der Waals surface area contributed by atoms with E-state index >= 15 is 0 Å². The molecule has 10 aromatic rings. The second kappa shape index (κ2) is 14.9. The molecule has 0 saturated heterocycles. The second-order valence-electron chi connectivity index (χ2n) is 17.1. The standard InChI is InChI=1S/C57H41F3N4/c1-32-19-34(3)54(35(4)20-32)40-15-17-50-46(28-40)44-11-7-9-13-48(44)63(50)52-25-39(31-62)26-53(56(52)42-23-38(30-61)24-43(27-42)57(58,59)60)64-49-14-10-8-12-45(49)47-29-41(16-18-51(47)64)55-36(5)21-33(2)22-37(55)6/h7-29H,1-6H3. The lowest BCUT2D eigenvalue weighted by Crippen LogP contribution is -2.08. The summed E-state index contributed by atoms with van der Waals surface area (Å²) in [5.74, 6) is 0. The molecule has 0 aliphatic carbocycles. The van der Waals surface area contributed by atoms with Gasteiger partial charge in [0.15, 0.2) is 0 Å². The number of aryl methyl sites for hydroxylation is 6. The molecule has 2 heterocycles. The lowest BCUT2D eigenvalue weighted by molar-refractivity contribution is -0.137. The van der Waals surface area contributed by atoms with Crippen LogP contribution in [0, 0.1) is 64.2 Å². The lowest BCUT2D eigenvalue weighted by atomic mass is 9.93. The zero-order valence-electron chi connectivity index (χ0n) is 36.2. The van der Waals surface area contributed by atoms with Gasteiger partial charge in [0.1, 0.15) is 0 Å². The first-order chi connectivity index (χ1) is 30.7. The molecule has 64 heavy (non-hydrogen) atoms. The predicted octanol–water partition coefficient (Wildman–Crippen LogP) is 15.5. The molecule has 8 aromatic carbocycles. The predicted molar refractivity (Wildman–Crippen MR) is 254 cm³/mol. The molecule has 0 N–H and O–H groups in total. The van der Waals surface area contributed by atoms with E-state index in [4.69, 9.17) is 0 Å². The molecule has 7 heteroatoms. The number of hydrogen-bond acceptors (Lipinski definition) is 2. The highest BCUT2D eigenvalue weighted by atomic mass is 19.4. The highest BCUT2D eigenvalue weighted by molar-refractivity contribution is 6.13. The van der Waals surface area contributed by atoms with E-state index in [1.807, 2.05) is 42.5 Å². The molecule has 0 aliphatic rings. The summed E-state index contributed by atoms with van der Waals surface area (Å²) in [4.78, 5) is 0. The number of aromatic nitrogens is 2. The fourth-order valence-corrected chi connectivity index (χ4v) is 10.4. The SMILES string of the molecule is Cc1cc(C)c(-c2ccc3c(c2)c2ccccc2n3-c2cc(C#N)cc(-n3c4ccccc4c4cc(-c5c(C)cc(C)cc5C)ccc43)c2-c2cc(C#N)cc(C(F)(F)F)c2)c(C)c1. The first kappa shape index (κ1) is 40.2. The summed E-state index contributed by atoms with van der Waals surface area (Å²) >= 11 is 0. The highest BCUT2D eigenvalue weighted by Gasteiger charge is 2.33. The van der Waals surface area contributed by atoms with Crippen LogP contribution >= 0.6 is 0 Å². The fraction of sp³-hybridized carbons (Fsp3) is 0.123. The number of benzene rings is 8. The molecule has 0 fully saturated rings. The third-order valence-corrected chi connectivity index (χ3v) is 12.7. The first-order valence-corrected chi connectivity index (χ1v) is 21.2. The number of nitriles is 2. The van der Waals surface area contributed by atoms with Crippen LogP contribution in [0.5, 0.6) is 0 Å². The third kappa shape index (κ3) is 6.43. The molecular weight excluding hydrogens is 798 g/mol. The van der Waals surface area contributed by atoms with Gasteiger partial charge in [-0.15, -0.1) is 0 Å². The second-order valence-corrected chi connectivity index (χ2v) is 17.1. The van der Waals surface area contributed by atoms with E-state index in [-0.39, 0.29) is 11.1 Å². The normalized spacial score (nSPS) is 11.8. The van der Waals surface area contributed by atoms with Crippen LogP contribution in [-0.2, 0) is 6.18 Å². The maximum atomic E-state index is 14.8. The quantitative estimate of drug-likeness (QED) is 0.173. The molecule has 0 unspecified atom stereocenters. The Morgan fingerprint density at radius 2 is 0.812 bits per heavy atom. The summed E-state index contributed by atoms with van der Waals surface area (Å²) in [5, 5.41) is 24.9. The number of fused-ring (bicyclic) bond motifs is 6. The van der Waals surface area contributed by atoms with Gasteiger partial charge in [-0.25, -0.2) is 0 Å². The zero-order valence-corrected chi connectivity index (χ0v) is 36.2. The van der Waals surface area contributed by atoms with E-state index in [0.29, 0.717) is 22.5 Å². The lowest BCUT2D eigenvalue weighted by Gasteiger charge is -2.22. The Morgan fingerprint density at radius 1 is 0.406 bits per heavy atom. The van der Waals surface area contributed by atoms with E-state index in [9.17, 15) is 23.7 Å². The van der Waals surface area contributed by atoms with Crippen molar-refractivity contribution in [3.8, 4) is 56.9 Å². The first-order valence-electron chi connectivity index (χ1n) is 21.2. The van der Waals surface area contributed by atoms with E-state index in [1.165, 1.54) is 17.2 Å². The van der Waals surface area contributed by atoms with Crippen LogP contribution in [-0.4, -0.2) is 9.13 Å². The number of rotatable bonds is 5. The summed E-state index contributed by atoms with van der Waals surface area (Å²) in [7, 11) is 0. The monoisotopic (exact) mass is 838 g/mol. The minimum atomic E-state index is -4.74. The van der Waals surface area contributed by atoms with Crippen LogP contribution in [0.3, 0.4) is 0 Å². The summed E-state index contributed by atoms with van der Waals surface area (Å²) in [6, 6.07) is 48.9. The van der Waals surface area contributed by atoms with Crippen LogP contribution in [0.1, 0.15) is 50.1 Å². The zero-order chi connectivity index (χ0) is 44.8. The average molecular weight is 839 g/mol. The largest absolute Gasteiger partial charge is 0.416 e. The van der Waals surface area contributed by atoms with Crippen LogP contribution in [0.15, 0.2) is 140 Å². The van der Waals surface area contributed by atoms with Crippen molar-refractivity contribution in [1.82, 2.24) is 9.13 Å². The van der Waals surface area contributed by atoms with Crippen molar-refractivity contribution in [3.05, 3.63) is 190 Å². The van der Waals surface area contributed by atoms with E-state index < -0.39 is 11.7 Å². The van der Waals surface area contributed by atoms with Gasteiger partial charge in [0, 0.05) is 27.1 Å². The molecular formula is C57H41F3N4. The van der Waals surface area contributed by atoms with Crippen LogP contribution in [0.4, 0.5) is 13.2 Å². The van der Waals surface area contributed by atoms with Crippen molar-refractivity contribution in [2.75, 3.05) is 0 Å². The molecule has 4 nitrogen and oxygen atoms in total. The summed E-state index contributed by atoms with van der Waals surface area (Å²) < 4.78 is 48.7. The number of nitrogens with zero attached hydrogens (tertiary/aromatic N) is 4. The van der Waals surface area contributed by atoms with Gasteiger partial charge >= 0.3 is 6.18 Å². The topological polar surface area (TPSA) is 57.4 Å². The molecule has 2 aromatic heterocycles. The number of alkyl halides is 3. The molecule has 0 spiro atoms. The van der Waals surface area contributed by atoms with E-state index in [1.54, 1.807) is 12.1 Å². The van der Waals surface area contributed by atoms with E-state index in [2.05, 4.69) is 130 Å². The van der Waals surface area contributed by atoms with Gasteiger partial charge < -0.3 is 9.13 Å². The van der Waals surface area contributed by atoms with Gasteiger partial charge in [0.25, 0.3) is 0 Å². The van der Waals surface area contributed by atoms with Crippen LogP contribution in [0.2, 0.25) is 0 Å². The Labute approximate surface area is 369 Å². The third-order valence-electron chi connectivity index (χ3n) is 12.7. The van der Waals surface area contributed by atoms with Crippen molar-refractivity contribution < 1.29 is 13.2 Å². The van der Waals surface area contributed by atoms with Crippen molar-refractivity contribution in [1.29, 1.82) is 10.5 Å². The maximum Gasteiger partial charge on any atom is 0.416 e. The molecule has 310 valence electrons. The maximum absolute atomic E-state index is 14.8. The van der Waals surface area contributed by atoms with Crippen molar-refractivity contribution in [2.24, 2.45) is 0 Å². The van der Waals surface area contributed by atoms with Crippen molar-refractivity contribution >= 4 is 43.6 Å². The van der Waals surface area contributed by atoms with Crippen molar-refractivity contribution in [2.45, 2.75) is 47.7 Å². The van der Waals surface area contributed by atoms with Gasteiger partial charge in [-0.1, -0.05) is 83.9 Å². The molecule has 0 radical (unpaired) electrons. The molecule has 0 bridgehead atoms. The van der Waals surface area contributed by atoms with E-state index in [0.717, 1.165) is 100 Å². The Morgan fingerprint density at radius 3 is 1.23 bits per heavy atom. The van der Waals surface area contributed by atoms with Crippen LogP contribution < -0.4 is 0 Å². The highest BCUT2D eigenvalue weighted by Crippen LogP contribution is 2.46. The van der Waals surface area contributed by atoms with Gasteiger partial charge in [0.05, 0.1) is 62.3 Å². The summed E-state index contributed by atoms with van der Waals surface area (Å²) in [6.07, 6.45) is -4.74. The minimum Gasteiger partial charge on any atom is -0.308 e. The number of hydrogen-bond donors (Lipinski definition) is 0. The Balaban J connectivity index is 1.35. The number of halogens is 3. The smallest absolute Gasteiger partial charge is 0.308 e. The Bertz CT molecular complexity index is 3450. The van der Waals surface area contributed by atoms with Gasteiger partial charge in [0.2, 0.25) is 0 Å². The molecule has 10 rings (SSSR count). The molecule has 0 saturated carbocycles. The molecule has 0 atom stereocenters. The van der Waals surface area contributed by atoms with Gasteiger partial charge in [-0.05, 0) is 158 Å². The number of para-hydroxylation sites is 2. The average Bonchev–Trinajstić information content (AvgIpc) is 3.77. The fourth-order valence-electron chi connectivity index (χ4n) is 10.4. The Kier molecular flexibility index (Phi) is 9.36. The van der Waals surface area contributed by atoms with Crippen molar-refractivity contribution in [3.63, 3.8) is 0 Å². The van der Waals surface area contributed by atoms with Gasteiger partial charge in [-0.2, -0.15) is 23.7 Å². The Hall–Kier alpha value is -7.87. The molecule has 0 aliphatic heterocycles.